The third-order valence-electron chi connectivity index (χ3n) is 3.97. The van der Waals surface area contributed by atoms with Crippen LogP contribution < -0.4 is 16.0 Å². The summed E-state index contributed by atoms with van der Waals surface area (Å²) in [7, 11) is 0. The lowest BCUT2D eigenvalue weighted by Crippen LogP contribution is -2.29. The van der Waals surface area contributed by atoms with E-state index in [4.69, 9.17) is 33.4 Å². The van der Waals surface area contributed by atoms with Crippen LogP contribution in [0.1, 0.15) is 6.42 Å². The molecule has 120 valence electrons. The highest BCUT2D eigenvalue weighted by atomic mass is 35.5. The van der Waals surface area contributed by atoms with E-state index in [0.29, 0.717) is 32.5 Å². The molecule has 0 spiro atoms. The molecule has 23 heavy (non-hydrogen) atoms. The Hall–Kier alpha value is -1.76. The molecule has 1 aliphatic heterocycles. The van der Waals surface area contributed by atoms with Gasteiger partial charge in [-0.1, -0.05) is 23.2 Å². The fourth-order valence-electron chi connectivity index (χ4n) is 2.95. The predicted molar refractivity (Wildman–Crippen MR) is 93.4 cm³/mol. The van der Waals surface area contributed by atoms with Crippen LogP contribution in [0.5, 0.6) is 0 Å². The number of nitrogens with zero attached hydrogens (tertiary/aromatic N) is 3. The fourth-order valence-corrected chi connectivity index (χ4v) is 3.48. The van der Waals surface area contributed by atoms with Crippen LogP contribution in [0.25, 0.3) is 22.1 Å². The topological polar surface area (TPSA) is 80.2 Å². The highest BCUT2D eigenvalue weighted by Gasteiger charge is 2.21. The Morgan fingerprint density at radius 2 is 2.00 bits per heavy atom. The SMILES string of the molecule is Nc1nc(N2CCCNCC2)c2oc3c(Cl)cc(Cl)cc3c2n1. The molecule has 3 aromatic rings. The molecule has 4 rings (SSSR count). The zero-order chi connectivity index (χ0) is 16.0. The van der Waals surface area contributed by atoms with Gasteiger partial charge in [0.2, 0.25) is 5.95 Å². The maximum Gasteiger partial charge on any atom is 0.222 e. The Kier molecular flexibility index (Phi) is 3.67. The molecule has 6 nitrogen and oxygen atoms in total. The minimum atomic E-state index is 0.212. The minimum absolute atomic E-state index is 0.212. The molecule has 1 aliphatic rings. The Balaban J connectivity index is 1.99. The minimum Gasteiger partial charge on any atom is -0.449 e. The van der Waals surface area contributed by atoms with Gasteiger partial charge in [-0.25, -0.2) is 4.98 Å². The van der Waals surface area contributed by atoms with Gasteiger partial charge in [0, 0.05) is 24.7 Å². The van der Waals surface area contributed by atoms with Crippen molar-refractivity contribution < 1.29 is 4.42 Å². The third-order valence-corrected chi connectivity index (χ3v) is 4.47. The highest BCUT2D eigenvalue weighted by molar-refractivity contribution is 6.39. The van der Waals surface area contributed by atoms with Crippen LogP contribution in [0, 0.1) is 0 Å². The van der Waals surface area contributed by atoms with Crippen molar-refractivity contribution in [2.45, 2.75) is 6.42 Å². The Labute approximate surface area is 142 Å². The molecule has 1 fully saturated rings. The van der Waals surface area contributed by atoms with Crippen LogP contribution in [-0.4, -0.2) is 36.1 Å². The van der Waals surface area contributed by atoms with Crippen molar-refractivity contribution in [2.24, 2.45) is 0 Å². The van der Waals surface area contributed by atoms with Gasteiger partial charge in [-0.05, 0) is 25.1 Å². The summed E-state index contributed by atoms with van der Waals surface area (Å²) in [5.74, 6) is 0.920. The molecular formula is C15H15Cl2N5O. The number of nitrogens with one attached hydrogen (secondary N) is 1. The molecule has 1 saturated heterocycles. The molecule has 3 N–H and O–H groups in total. The second-order valence-corrected chi connectivity index (χ2v) is 6.38. The van der Waals surface area contributed by atoms with Gasteiger partial charge in [-0.15, -0.1) is 0 Å². The first-order valence-electron chi connectivity index (χ1n) is 7.44. The van der Waals surface area contributed by atoms with Crippen molar-refractivity contribution in [3.05, 3.63) is 22.2 Å². The van der Waals surface area contributed by atoms with Crippen molar-refractivity contribution >= 4 is 57.0 Å². The van der Waals surface area contributed by atoms with Gasteiger partial charge >= 0.3 is 0 Å². The first-order chi connectivity index (χ1) is 11.1. The maximum atomic E-state index is 6.26. The van der Waals surface area contributed by atoms with E-state index in [9.17, 15) is 0 Å². The lowest BCUT2D eigenvalue weighted by atomic mass is 10.2. The zero-order valence-corrected chi connectivity index (χ0v) is 13.8. The van der Waals surface area contributed by atoms with E-state index >= 15 is 0 Å². The average molecular weight is 352 g/mol. The standard InChI is InChI=1S/C15H15Cl2N5O/c16-8-6-9-11-13(23-12(9)10(17)7-8)14(21-15(18)20-11)22-4-1-2-19-3-5-22/h6-7,19H,1-5H2,(H2,18,20,21). The summed E-state index contributed by atoms with van der Waals surface area (Å²) < 4.78 is 5.99. The van der Waals surface area contributed by atoms with E-state index in [1.807, 2.05) is 0 Å². The second kappa shape index (κ2) is 5.70. The molecule has 0 radical (unpaired) electrons. The first-order valence-corrected chi connectivity index (χ1v) is 8.19. The molecule has 8 heteroatoms. The van der Waals surface area contributed by atoms with Gasteiger partial charge in [0.05, 0.1) is 10.4 Å². The molecule has 0 aliphatic carbocycles. The number of halogens is 2. The predicted octanol–water partition coefficient (Wildman–Crippen LogP) is 3.06. The van der Waals surface area contributed by atoms with Crippen molar-refractivity contribution in [1.29, 1.82) is 0 Å². The van der Waals surface area contributed by atoms with Gasteiger partial charge < -0.3 is 20.4 Å². The number of furan rings is 1. The maximum absolute atomic E-state index is 6.26. The molecule has 1 aromatic carbocycles. The molecule has 0 amide bonds. The van der Waals surface area contributed by atoms with Crippen LogP contribution in [-0.2, 0) is 0 Å². The summed E-state index contributed by atoms with van der Waals surface area (Å²) in [6.45, 7) is 3.58. The summed E-state index contributed by atoms with van der Waals surface area (Å²) in [4.78, 5) is 10.9. The van der Waals surface area contributed by atoms with E-state index < -0.39 is 0 Å². The molecule has 0 bridgehead atoms. The highest BCUT2D eigenvalue weighted by Crippen LogP contribution is 2.38. The van der Waals surface area contributed by atoms with E-state index in [-0.39, 0.29) is 5.95 Å². The van der Waals surface area contributed by atoms with Gasteiger partial charge in [-0.3, -0.25) is 0 Å². The van der Waals surface area contributed by atoms with Crippen LogP contribution in [0.2, 0.25) is 10.0 Å². The molecule has 3 heterocycles. The summed E-state index contributed by atoms with van der Waals surface area (Å²) in [5, 5.41) is 5.10. The fraction of sp³-hybridized carbons (Fsp3) is 0.333. The molecule has 2 aromatic heterocycles. The van der Waals surface area contributed by atoms with Gasteiger partial charge in [0.15, 0.2) is 17.0 Å². The normalized spacial score (nSPS) is 16.2. The van der Waals surface area contributed by atoms with Crippen molar-refractivity contribution in [2.75, 3.05) is 36.8 Å². The summed E-state index contributed by atoms with van der Waals surface area (Å²) in [5.41, 5.74) is 7.72. The molecule has 0 unspecified atom stereocenters. The Morgan fingerprint density at radius 3 is 2.87 bits per heavy atom. The number of anilines is 2. The largest absolute Gasteiger partial charge is 0.449 e. The average Bonchev–Trinajstić information content (AvgIpc) is 2.71. The van der Waals surface area contributed by atoms with Gasteiger partial charge in [-0.2, -0.15) is 4.98 Å². The van der Waals surface area contributed by atoms with Crippen LogP contribution in [0.15, 0.2) is 16.5 Å². The second-order valence-electron chi connectivity index (χ2n) is 5.54. The number of hydrogen-bond donors (Lipinski definition) is 2. The van der Waals surface area contributed by atoms with Crippen molar-refractivity contribution in [1.82, 2.24) is 15.3 Å². The number of aromatic nitrogens is 2. The quantitative estimate of drug-likeness (QED) is 0.701. The smallest absolute Gasteiger partial charge is 0.222 e. The van der Waals surface area contributed by atoms with E-state index in [1.54, 1.807) is 12.1 Å². The lowest BCUT2D eigenvalue weighted by Gasteiger charge is -2.20. The van der Waals surface area contributed by atoms with Crippen molar-refractivity contribution in [3.63, 3.8) is 0 Å². The number of benzene rings is 1. The number of nitrogen functional groups attached to an aromatic ring is 1. The van der Waals surface area contributed by atoms with Gasteiger partial charge in [0.25, 0.3) is 0 Å². The monoisotopic (exact) mass is 351 g/mol. The number of fused-ring (bicyclic) bond motifs is 3. The molecule has 0 saturated carbocycles. The Morgan fingerprint density at radius 1 is 1.13 bits per heavy atom. The number of hydrogen-bond acceptors (Lipinski definition) is 6. The van der Waals surface area contributed by atoms with Crippen molar-refractivity contribution in [3.8, 4) is 0 Å². The molecule has 0 atom stereocenters. The van der Waals surface area contributed by atoms with E-state index in [2.05, 4.69) is 20.2 Å². The van der Waals surface area contributed by atoms with Crippen LogP contribution >= 0.6 is 23.2 Å². The molecular weight excluding hydrogens is 337 g/mol. The first kappa shape index (κ1) is 14.8. The number of rotatable bonds is 1. The van der Waals surface area contributed by atoms with E-state index in [0.717, 1.165) is 38.0 Å². The van der Waals surface area contributed by atoms with Crippen LogP contribution in [0.3, 0.4) is 0 Å². The summed E-state index contributed by atoms with van der Waals surface area (Å²) in [6.07, 6.45) is 1.03. The Bertz CT molecular complexity index is 887. The zero-order valence-electron chi connectivity index (χ0n) is 12.3. The summed E-state index contributed by atoms with van der Waals surface area (Å²) >= 11 is 12.4. The lowest BCUT2D eigenvalue weighted by molar-refractivity contribution is 0.660. The van der Waals surface area contributed by atoms with E-state index in [1.165, 1.54) is 0 Å². The third kappa shape index (κ3) is 2.56. The summed E-state index contributed by atoms with van der Waals surface area (Å²) in [6, 6.07) is 3.44. The van der Waals surface area contributed by atoms with Gasteiger partial charge in [0.1, 0.15) is 5.52 Å². The number of nitrogens with two attached hydrogens (primary N) is 1. The van der Waals surface area contributed by atoms with Crippen LogP contribution in [0.4, 0.5) is 11.8 Å².